The standard InChI is InChI=1S/C61H106O6/c1-4-7-10-13-16-19-21-22-23-24-25-26-27-28-29-30-31-32-33-34-35-36-37-38-40-42-45-48-51-54-60(63)66-57-58(56-65-59(62)53-50-47-44-41-18-15-12-9-6-3)67-61(64)55-52-49-46-43-39-20-17-14-11-8-5-2/h7,10,16,19,22-23,25-26,28-29,31-32,58H,4-6,8-9,11-15,17-18,20-21,24,27,30,33-57H2,1-3H3/b10-7-,19-16-,23-22-,26-25-,29-28-,32-31-. The van der Waals surface area contributed by atoms with Gasteiger partial charge in [0, 0.05) is 19.3 Å². The maximum atomic E-state index is 12.8. The number of allylic oxidation sites excluding steroid dienone is 12. The molecule has 0 N–H and O–H groups in total. The minimum Gasteiger partial charge on any atom is -0.462 e. The molecule has 0 aliphatic rings. The number of esters is 3. The van der Waals surface area contributed by atoms with Gasteiger partial charge in [0.05, 0.1) is 0 Å². The molecular formula is C61H106O6. The number of hydrogen-bond acceptors (Lipinski definition) is 6. The number of hydrogen-bond donors (Lipinski definition) is 0. The van der Waals surface area contributed by atoms with Crippen molar-refractivity contribution in [2.45, 2.75) is 284 Å². The van der Waals surface area contributed by atoms with E-state index in [2.05, 4.69) is 93.7 Å². The highest BCUT2D eigenvalue weighted by Gasteiger charge is 2.19. The van der Waals surface area contributed by atoms with Gasteiger partial charge in [0.1, 0.15) is 13.2 Å². The second kappa shape index (κ2) is 55.4. The van der Waals surface area contributed by atoms with E-state index < -0.39 is 6.10 Å². The van der Waals surface area contributed by atoms with Crippen LogP contribution in [0.3, 0.4) is 0 Å². The Morgan fingerprint density at radius 2 is 0.582 bits per heavy atom. The molecule has 0 saturated heterocycles. The molecule has 386 valence electrons. The van der Waals surface area contributed by atoms with E-state index in [1.54, 1.807) is 0 Å². The Bertz CT molecular complexity index is 1260. The van der Waals surface area contributed by atoms with Crippen LogP contribution in [0.2, 0.25) is 0 Å². The van der Waals surface area contributed by atoms with Gasteiger partial charge in [-0.05, 0) is 70.6 Å². The zero-order valence-corrected chi connectivity index (χ0v) is 44.2. The van der Waals surface area contributed by atoms with Gasteiger partial charge in [-0.3, -0.25) is 14.4 Å². The molecule has 0 radical (unpaired) electrons. The molecule has 0 aliphatic heterocycles. The molecule has 0 bridgehead atoms. The van der Waals surface area contributed by atoms with E-state index >= 15 is 0 Å². The normalized spacial score (nSPS) is 12.6. The lowest BCUT2D eigenvalue weighted by molar-refractivity contribution is -0.167. The van der Waals surface area contributed by atoms with E-state index in [1.165, 1.54) is 141 Å². The lowest BCUT2D eigenvalue weighted by Gasteiger charge is -2.18. The van der Waals surface area contributed by atoms with Crippen molar-refractivity contribution >= 4 is 17.9 Å². The maximum absolute atomic E-state index is 12.8. The molecule has 0 amide bonds. The molecule has 67 heavy (non-hydrogen) atoms. The predicted octanol–water partition coefficient (Wildman–Crippen LogP) is 19.0. The van der Waals surface area contributed by atoms with Crippen LogP contribution >= 0.6 is 0 Å². The Balaban J connectivity index is 4.13. The van der Waals surface area contributed by atoms with Crippen molar-refractivity contribution in [3.05, 3.63) is 72.9 Å². The first-order valence-electron chi connectivity index (χ1n) is 28.4. The molecule has 6 heteroatoms. The van der Waals surface area contributed by atoms with Crippen LogP contribution in [0.1, 0.15) is 278 Å². The Hall–Kier alpha value is -3.15. The third-order valence-corrected chi connectivity index (χ3v) is 12.2. The zero-order valence-electron chi connectivity index (χ0n) is 44.2. The van der Waals surface area contributed by atoms with E-state index in [0.29, 0.717) is 19.3 Å². The Labute approximate surface area is 414 Å². The summed E-state index contributed by atoms with van der Waals surface area (Å²) in [5, 5.41) is 0. The average Bonchev–Trinajstić information content (AvgIpc) is 3.33. The number of carbonyl (C=O) groups excluding carboxylic acids is 3. The van der Waals surface area contributed by atoms with Crippen LogP contribution in [0.5, 0.6) is 0 Å². The summed E-state index contributed by atoms with van der Waals surface area (Å²) in [5.41, 5.74) is 0. The molecule has 0 aliphatic carbocycles. The predicted molar refractivity (Wildman–Crippen MR) is 288 cm³/mol. The highest BCUT2D eigenvalue weighted by Crippen LogP contribution is 2.16. The van der Waals surface area contributed by atoms with Gasteiger partial charge in [0.15, 0.2) is 6.10 Å². The largest absolute Gasteiger partial charge is 0.462 e. The van der Waals surface area contributed by atoms with Gasteiger partial charge in [-0.25, -0.2) is 0 Å². The summed E-state index contributed by atoms with van der Waals surface area (Å²) in [5.74, 6) is -0.873. The first-order valence-corrected chi connectivity index (χ1v) is 28.4. The van der Waals surface area contributed by atoms with Crippen LogP contribution < -0.4 is 0 Å². The summed E-state index contributed by atoms with van der Waals surface area (Å²) in [6.07, 6.45) is 70.5. The molecule has 0 fully saturated rings. The summed E-state index contributed by atoms with van der Waals surface area (Å²) in [6.45, 7) is 6.51. The van der Waals surface area contributed by atoms with Crippen molar-refractivity contribution in [3.8, 4) is 0 Å². The number of rotatable bonds is 51. The second-order valence-electron chi connectivity index (χ2n) is 18.8. The quantitative estimate of drug-likeness (QED) is 0.0262. The molecule has 0 aromatic heterocycles. The number of unbranched alkanes of at least 4 members (excludes halogenated alkanes) is 28. The van der Waals surface area contributed by atoms with Crippen molar-refractivity contribution in [3.63, 3.8) is 0 Å². The minimum atomic E-state index is -0.770. The molecule has 0 saturated carbocycles. The summed E-state index contributed by atoms with van der Waals surface area (Å²) in [7, 11) is 0. The minimum absolute atomic E-state index is 0.0724. The van der Waals surface area contributed by atoms with Crippen LogP contribution in [0.4, 0.5) is 0 Å². The topological polar surface area (TPSA) is 78.9 Å². The molecular weight excluding hydrogens is 829 g/mol. The second-order valence-corrected chi connectivity index (χ2v) is 18.8. The fraction of sp³-hybridized carbons (Fsp3) is 0.754. The van der Waals surface area contributed by atoms with Crippen molar-refractivity contribution < 1.29 is 28.6 Å². The molecule has 0 aromatic carbocycles. The van der Waals surface area contributed by atoms with Crippen LogP contribution in [0.25, 0.3) is 0 Å². The highest BCUT2D eigenvalue weighted by atomic mass is 16.6. The SMILES string of the molecule is CC/C=C\C/C=C\C/C=C\C/C=C\C/C=C\C/C=C\CCCCCCCCCCCCC(=O)OCC(COC(=O)CCCCCCCCCCC)OC(=O)CCCCCCCCCCCCC. The van der Waals surface area contributed by atoms with E-state index in [0.717, 1.165) is 96.3 Å². The van der Waals surface area contributed by atoms with Gasteiger partial charge in [-0.1, -0.05) is 261 Å². The van der Waals surface area contributed by atoms with Crippen LogP contribution in [-0.4, -0.2) is 37.2 Å². The van der Waals surface area contributed by atoms with Crippen molar-refractivity contribution in [2.24, 2.45) is 0 Å². The van der Waals surface area contributed by atoms with Gasteiger partial charge < -0.3 is 14.2 Å². The van der Waals surface area contributed by atoms with E-state index in [-0.39, 0.29) is 31.1 Å². The monoisotopic (exact) mass is 935 g/mol. The Morgan fingerprint density at radius 3 is 0.910 bits per heavy atom. The van der Waals surface area contributed by atoms with E-state index in [9.17, 15) is 14.4 Å². The number of carbonyl (C=O) groups is 3. The highest BCUT2D eigenvalue weighted by molar-refractivity contribution is 5.71. The van der Waals surface area contributed by atoms with Crippen LogP contribution in [0.15, 0.2) is 72.9 Å². The molecule has 0 aromatic rings. The van der Waals surface area contributed by atoms with Crippen LogP contribution in [-0.2, 0) is 28.6 Å². The molecule has 0 rings (SSSR count). The number of ether oxygens (including phenoxy) is 3. The van der Waals surface area contributed by atoms with Crippen molar-refractivity contribution in [1.82, 2.24) is 0 Å². The van der Waals surface area contributed by atoms with Gasteiger partial charge in [-0.15, -0.1) is 0 Å². The lowest BCUT2D eigenvalue weighted by atomic mass is 10.1. The van der Waals surface area contributed by atoms with Gasteiger partial charge >= 0.3 is 17.9 Å². The summed E-state index contributed by atoms with van der Waals surface area (Å²) >= 11 is 0. The first kappa shape index (κ1) is 63.8. The van der Waals surface area contributed by atoms with Crippen molar-refractivity contribution in [2.75, 3.05) is 13.2 Å². The van der Waals surface area contributed by atoms with E-state index in [1.807, 2.05) is 0 Å². The molecule has 0 spiro atoms. The summed E-state index contributed by atoms with van der Waals surface area (Å²) in [6, 6.07) is 0. The van der Waals surface area contributed by atoms with Crippen molar-refractivity contribution in [1.29, 1.82) is 0 Å². The Morgan fingerprint density at radius 1 is 0.313 bits per heavy atom. The average molecular weight is 936 g/mol. The van der Waals surface area contributed by atoms with Gasteiger partial charge in [0.2, 0.25) is 0 Å². The smallest absolute Gasteiger partial charge is 0.306 e. The zero-order chi connectivity index (χ0) is 48.6. The maximum Gasteiger partial charge on any atom is 0.306 e. The Kier molecular flexibility index (Phi) is 52.8. The first-order chi connectivity index (χ1) is 33.0. The summed E-state index contributed by atoms with van der Waals surface area (Å²) < 4.78 is 16.8. The summed E-state index contributed by atoms with van der Waals surface area (Å²) in [4.78, 5) is 37.9. The molecule has 6 nitrogen and oxygen atoms in total. The fourth-order valence-corrected chi connectivity index (χ4v) is 7.98. The van der Waals surface area contributed by atoms with Gasteiger partial charge in [-0.2, -0.15) is 0 Å². The molecule has 0 heterocycles. The lowest BCUT2D eigenvalue weighted by Crippen LogP contribution is -2.30. The molecule has 1 unspecified atom stereocenters. The fourth-order valence-electron chi connectivity index (χ4n) is 7.98. The van der Waals surface area contributed by atoms with E-state index in [4.69, 9.17) is 14.2 Å². The third kappa shape index (κ3) is 53.7. The molecule has 1 atom stereocenters. The third-order valence-electron chi connectivity index (χ3n) is 12.2. The van der Waals surface area contributed by atoms with Gasteiger partial charge in [0.25, 0.3) is 0 Å². The van der Waals surface area contributed by atoms with Crippen LogP contribution in [0, 0.1) is 0 Å².